The van der Waals surface area contributed by atoms with E-state index in [1.165, 1.54) is 0 Å². The van der Waals surface area contributed by atoms with E-state index in [1.54, 1.807) is 53.4 Å². The topological polar surface area (TPSA) is 109 Å². The predicted molar refractivity (Wildman–Crippen MR) is 139 cm³/mol. The molecule has 2 aromatic rings. The van der Waals surface area contributed by atoms with Crippen LogP contribution in [0.1, 0.15) is 13.3 Å². The largest absolute Gasteiger partial charge is 0.494 e. The van der Waals surface area contributed by atoms with Crippen molar-refractivity contribution >= 4 is 29.1 Å². The zero-order valence-electron chi connectivity index (χ0n) is 21.1. The molecule has 4 rings (SSSR count). The van der Waals surface area contributed by atoms with Crippen LogP contribution in [0.15, 0.2) is 48.5 Å². The van der Waals surface area contributed by atoms with Crippen LogP contribution in [0.2, 0.25) is 0 Å². The number of ether oxygens (including phenoxy) is 3. The Bertz CT molecular complexity index is 1050. The zero-order chi connectivity index (χ0) is 26.0. The van der Waals surface area contributed by atoms with Crippen LogP contribution in [-0.2, 0) is 19.1 Å². The molecule has 0 aliphatic carbocycles. The third kappa shape index (κ3) is 7.68. The lowest BCUT2D eigenvalue weighted by Crippen LogP contribution is -2.42. The lowest BCUT2D eigenvalue weighted by atomic mass is 10.1. The Labute approximate surface area is 216 Å². The molecule has 2 saturated heterocycles. The summed E-state index contributed by atoms with van der Waals surface area (Å²) in [6.45, 7) is 7.21. The minimum Gasteiger partial charge on any atom is -0.494 e. The second-order valence-corrected chi connectivity index (χ2v) is 8.94. The molecule has 0 spiro atoms. The van der Waals surface area contributed by atoms with Crippen LogP contribution in [-0.4, -0.2) is 81.8 Å². The standard InChI is InChI=1S/C27H34N4O6/c1-2-36-23-7-3-21(4-8-23)29-25(32)19-37-24-9-5-22(6-10-24)31-18-20(17-26(31)33)27(34)28-11-12-30-13-15-35-16-14-30/h3-10,20H,2,11-19H2,1H3,(H,28,34)(H,29,32)/t20-/m1/s1. The molecule has 0 unspecified atom stereocenters. The first-order chi connectivity index (χ1) is 18.0. The van der Waals surface area contributed by atoms with Crippen molar-refractivity contribution in [3.05, 3.63) is 48.5 Å². The first-order valence-electron chi connectivity index (χ1n) is 12.7. The van der Waals surface area contributed by atoms with E-state index in [0.29, 0.717) is 36.8 Å². The average Bonchev–Trinajstić information content (AvgIpc) is 3.31. The number of nitrogens with one attached hydrogen (secondary N) is 2. The Balaban J connectivity index is 1.20. The molecule has 37 heavy (non-hydrogen) atoms. The van der Waals surface area contributed by atoms with Crippen LogP contribution in [0.4, 0.5) is 11.4 Å². The van der Waals surface area contributed by atoms with Crippen LogP contribution in [0.5, 0.6) is 11.5 Å². The molecule has 0 aromatic heterocycles. The number of anilines is 2. The molecule has 198 valence electrons. The van der Waals surface area contributed by atoms with Crippen molar-refractivity contribution in [1.82, 2.24) is 10.2 Å². The van der Waals surface area contributed by atoms with Gasteiger partial charge < -0.3 is 29.7 Å². The molecule has 1 atom stereocenters. The highest BCUT2D eigenvalue weighted by atomic mass is 16.5. The summed E-state index contributed by atoms with van der Waals surface area (Å²) >= 11 is 0. The van der Waals surface area contributed by atoms with Gasteiger partial charge in [0.1, 0.15) is 11.5 Å². The fourth-order valence-corrected chi connectivity index (χ4v) is 4.31. The zero-order valence-corrected chi connectivity index (χ0v) is 21.1. The number of morpholine rings is 1. The first kappa shape index (κ1) is 26.4. The van der Waals surface area contributed by atoms with E-state index in [4.69, 9.17) is 14.2 Å². The number of rotatable bonds is 11. The number of benzene rings is 2. The van der Waals surface area contributed by atoms with Crippen molar-refractivity contribution in [3.63, 3.8) is 0 Å². The van der Waals surface area contributed by atoms with Gasteiger partial charge in [0.15, 0.2) is 6.61 Å². The number of amides is 3. The maximum Gasteiger partial charge on any atom is 0.262 e. The smallest absolute Gasteiger partial charge is 0.262 e. The Hall–Kier alpha value is -3.63. The van der Waals surface area contributed by atoms with Gasteiger partial charge in [0.2, 0.25) is 11.8 Å². The van der Waals surface area contributed by atoms with E-state index in [0.717, 1.165) is 38.6 Å². The lowest BCUT2D eigenvalue weighted by Gasteiger charge is -2.26. The van der Waals surface area contributed by atoms with Gasteiger partial charge in [-0.15, -0.1) is 0 Å². The number of carbonyl (C=O) groups is 3. The molecule has 2 fully saturated rings. The molecule has 2 N–H and O–H groups in total. The van der Waals surface area contributed by atoms with Crippen molar-refractivity contribution in [2.45, 2.75) is 13.3 Å². The van der Waals surface area contributed by atoms with Gasteiger partial charge in [-0.3, -0.25) is 19.3 Å². The number of hydrogen-bond acceptors (Lipinski definition) is 7. The van der Waals surface area contributed by atoms with Gasteiger partial charge >= 0.3 is 0 Å². The fraction of sp³-hybridized carbons (Fsp3) is 0.444. The third-order valence-corrected chi connectivity index (χ3v) is 6.29. The highest BCUT2D eigenvalue weighted by molar-refractivity contribution is 6.00. The van der Waals surface area contributed by atoms with Gasteiger partial charge in [-0.1, -0.05) is 0 Å². The first-order valence-corrected chi connectivity index (χ1v) is 12.7. The molecule has 3 amide bonds. The fourth-order valence-electron chi connectivity index (χ4n) is 4.31. The van der Waals surface area contributed by atoms with Crippen molar-refractivity contribution in [2.75, 3.05) is 69.4 Å². The molecular formula is C27H34N4O6. The Kier molecular flexibility index (Phi) is 9.34. The number of nitrogens with zero attached hydrogens (tertiary/aromatic N) is 2. The van der Waals surface area contributed by atoms with E-state index in [-0.39, 0.29) is 36.7 Å². The van der Waals surface area contributed by atoms with Crippen molar-refractivity contribution in [2.24, 2.45) is 5.92 Å². The highest BCUT2D eigenvalue weighted by Crippen LogP contribution is 2.27. The molecule has 2 aliphatic rings. The Morgan fingerprint density at radius 2 is 1.68 bits per heavy atom. The normalized spacial score (nSPS) is 17.9. The predicted octanol–water partition coefficient (Wildman–Crippen LogP) is 1.90. The average molecular weight is 511 g/mol. The highest BCUT2D eigenvalue weighted by Gasteiger charge is 2.35. The summed E-state index contributed by atoms with van der Waals surface area (Å²) in [6.07, 6.45) is 0.188. The van der Waals surface area contributed by atoms with Crippen molar-refractivity contribution in [3.8, 4) is 11.5 Å². The molecule has 2 aromatic carbocycles. The van der Waals surface area contributed by atoms with Gasteiger partial charge in [0.05, 0.1) is 25.7 Å². The van der Waals surface area contributed by atoms with Crippen LogP contribution < -0.4 is 25.0 Å². The van der Waals surface area contributed by atoms with Crippen LogP contribution >= 0.6 is 0 Å². The minimum absolute atomic E-state index is 0.0864. The summed E-state index contributed by atoms with van der Waals surface area (Å²) in [4.78, 5) is 41.3. The Morgan fingerprint density at radius 3 is 2.38 bits per heavy atom. The van der Waals surface area contributed by atoms with Crippen LogP contribution in [0, 0.1) is 5.92 Å². The van der Waals surface area contributed by atoms with Crippen LogP contribution in [0.3, 0.4) is 0 Å². The molecule has 10 nitrogen and oxygen atoms in total. The molecular weight excluding hydrogens is 476 g/mol. The second-order valence-electron chi connectivity index (χ2n) is 8.94. The third-order valence-electron chi connectivity index (χ3n) is 6.29. The molecule has 0 saturated carbocycles. The van der Waals surface area contributed by atoms with E-state index < -0.39 is 0 Å². The van der Waals surface area contributed by atoms with Crippen LogP contribution in [0.25, 0.3) is 0 Å². The Morgan fingerprint density at radius 1 is 1.00 bits per heavy atom. The van der Waals surface area contributed by atoms with Gasteiger partial charge in [0.25, 0.3) is 5.91 Å². The summed E-state index contributed by atoms with van der Waals surface area (Å²) < 4.78 is 16.3. The molecule has 2 heterocycles. The molecule has 10 heteroatoms. The van der Waals surface area contributed by atoms with Crippen molar-refractivity contribution < 1.29 is 28.6 Å². The SMILES string of the molecule is CCOc1ccc(NC(=O)COc2ccc(N3C[C@H](C(=O)NCCN4CCOCC4)CC3=O)cc2)cc1. The maximum absolute atomic E-state index is 12.6. The van der Waals surface area contributed by atoms with Gasteiger partial charge in [-0.25, -0.2) is 0 Å². The second kappa shape index (κ2) is 13.1. The maximum atomic E-state index is 12.6. The van der Waals surface area contributed by atoms with E-state index in [2.05, 4.69) is 15.5 Å². The number of carbonyl (C=O) groups excluding carboxylic acids is 3. The monoisotopic (exact) mass is 510 g/mol. The van der Waals surface area contributed by atoms with Gasteiger partial charge in [-0.2, -0.15) is 0 Å². The summed E-state index contributed by atoms with van der Waals surface area (Å²) in [6, 6.07) is 14.1. The van der Waals surface area contributed by atoms with E-state index >= 15 is 0 Å². The summed E-state index contributed by atoms with van der Waals surface area (Å²) in [5, 5.41) is 5.74. The summed E-state index contributed by atoms with van der Waals surface area (Å²) in [5.41, 5.74) is 1.35. The van der Waals surface area contributed by atoms with Crippen molar-refractivity contribution in [1.29, 1.82) is 0 Å². The van der Waals surface area contributed by atoms with Gasteiger partial charge in [0, 0.05) is 50.5 Å². The quantitative estimate of drug-likeness (QED) is 0.475. The number of hydrogen-bond donors (Lipinski definition) is 2. The van der Waals surface area contributed by atoms with E-state index in [9.17, 15) is 14.4 Å². The summed E-state index contributed by atoms with van der Waals surface area (Å²) in [7, 11) is 0. The molecule has 0 radical (unpaired) electrons. The van der Waals surface area contributed by atoms with Gasteiger partial charge in [-0.05, 0) is 55.5 Å². The van der Waals surface area contributed by atoms with E-state index in [1.807, 2.05) is 6.92 Å². The minimum atomic E-state index is -0.376. The molecule has 2 aliphatic heterocycles. The lowest BCUT2D eigenvalue weighted by molar-refractivity contribution is -0.126. The summed E-state index contributed by atoms with van der Waals surface area (Å²) in [5.74, 6) is 0.405. The molecule has 0 bridgehead atoms.